The summed E-state index contributed by atoms with van der Waals surface area (Å²) in [6.45, 7) is 1.37. The summed E-state index contributed by atoms with van der Waals surface area (Å²) in [4.78, 5) is 14.9. The Balaban J connectivity index is 1.45. The summed E-state index contributed by atoms with van der Waals surface area (Å²) in [6.07, 6.45) is 1.64. The third-order valence-corrected chi connectivity index (χ3v) is 9.07. The SMILES string of the molecule is O=C(N1CCN(S(=O)(=O)c2ccc(Cl)s2)CC1)C1(c2ccc(Cl)cc2)CC1. The molecule has 1 saturated heterocycles. The van der Waals surface area contributed by atoms with Gasteiger partial charge in [-0.2, -0.15) is 4.31 Å². The molecule has 9 heteroatoms. The van der Waals surface area contributed by atoms with Crippen molar-refractivity contribution in [2.75, 3.05) is 26.2 Å². The number of carbonyl (C=O) groups excluding carboxylic acids is 1. The summed E-state index contributed by atoms with van der Waals surface area (Å²) in [6, 6.07) is 10.5. The van der Waals surface area contributed by atoms with Crippen molar-refractivity contribution in [3.8, 4) is 0 Å². The van der Waals surface area contributed by atoms with Crippen LogP contribution < -0.4 is 0 Å². The summed E-state index contributed by atoms with van der Waals surface area (Å²) in [5, 5.41) is 0.648. The fourth-order valence-corrected chi connectivity index (χ4v) is 6.70. The Morgan fingerprint density at radius 3 is 2.11 bits per heavy atom. The van der Waals surface area contributed by atoms with Gasteiger partial charge in [0.1, 0.15) is 4.21 Å². The van der Waals surface area contributed by atoms with E-state index in [0.29, 0.717) is 35.5 Å². The maximum atomic E-state index is 13.1. The number of hydrogen-bond acceptors (Lipinski definition) is 4. The van der Waals surface area contributed by atoms with Crippen molar-refractivity contribution >= 4 is 50.5 Å². The Hall–Kier alpha value is -1.12. The number of rotatable bonds is 4. The van der Waals surface area contributed by atoms with Gasteiger partial charge in [-0.1, -0.05) is 35.3 Å². The van der Waals surface area contributed by atoms with Crippen LogP contribution in [0.2, 0.25) is 9.36 Å². The highest BCUT2D eigenvalue weighted by molar-refractivity contribution is 7.91. The molecule has 1 saturated carbocycles. The second-order valence-electron chi connectivity index (χ2n) is 6.84. The summed E-state index contributed by atoms with van der Waals surface area (Å²) in [5.41, 5.74) is 0.521. The van der Waals surface area contributed by atoms with Gasteiger partial charge in [0.2, 0.25) is 5.91 Å². The van der Waals surface area contributed by atoms with Crippen molar-refractivity contribution in [1.82, 2.24) is 9.21 Å². The van der Waals surface area contributed by atoms with Gasteiger partial charge in [-0.3, -0.25) is 4.79 Å². The van der Waals surface area contributed by atoms with E-state index in [0.717, 1.165) is 29.7 Å². The first-order valence-corrected chi connectivity index (χ1v) is 11.7. The molecule has 0 bridgehead atoms. The van der Waals surface area contributed by atoms with Crippen LogP contribution in [0.3, 0.4) is 0 Å². The molecule has 2 aromatic rings. The van der Waals surface area contributed by atoms with Crippen LogP contribution in [0.15, 0.2) is 40.6 Å². The van der Waals surface area contributed by atoms with E-state index in [9.17, 15) is 13.2 Å². The monoisotopic (exact) mass is 444 g/mol. The number of benzene rings is 1. The highest BCUT2D eigenvalue weighted by Crippen LogP contribution is 2.50. The molecule has 144 valence electrons. The van der Waals surface area contributed by atoms with Gasteiger partial charge in [0.15, 0.2) is 0 Å². The van der Waals surface area contributed by atoms with Crippen LogP contribution >= 0.6 is 34.5 Å². The molecule has 0 unspecified atom stereocenters. The maximum absolute atomic E-state index is 13.1. The van der Waals surface area contributed by atoms with E-state index in [-0.39, 0.29) is 10.1 Å². The second kappa shape index (κ2) is 7.04. The fraction of sp³-hybridized carbons (Fsp3) is 0.389. The molecule has 2 aliphatic rings. The van der Waals surface area contributed by atoms with Crippen molar-refractivity contribution in [3.63, 3.8) is 0 Å². The number of sulfonamides is 1. The number of halogens is 2. The summed E-state index contributed by atoms with van der Waals surface area (Å²) >= 11 is 12.9. The van der Waals surface area contributed by atoms with E-state index in [1.807, 2.05) is 12.1 Å². The highest BCUT2D eigenvalue weighted by atomic mass is 35.5. The van der Waals surface area contributed by atoms with Gasteiger partial charge in [-0.15, -0.1) is 11.3 Å². The van der Waals surface area contributed by atoms with E-state index in [4.69, 9.17) is 23.2 Å². The number of thiophene rings is 1. The molecule has 1 aliphatic heterocycles. The molecule has 2 heterocycles. The van der Waals surface area contributed by atoms with Gasteiger partial charge in [0.25, 0.3) is 10.0 Å². The van der Waals surface area contributed by atoms with Gasteiger partial charge >= 0.3 is 0 Å². The van der Waals surface area contributed by atoms with Crippen molar-refractivity contribution < 1.29 is 13.2 Å². The first-order valence-electron chi connectivity index (χ1n) is 8.64. The van der Waals surface area contributed by atoms with Gasteiger partial charge < -0.3 is 4.90 Å². The predicted octanol–water partition coefficient (Wildman–Crippen LogP) is 3.62. The third kappa shape index (κ3) is 3.51. The summed E-state index contributed by atoms with van der Waals surface area (Å²) in [7, 11) is -3.55. The van der Waals surface area contributed by atoms with E-state index < -0.39 is 15.4 Å². The number of amides is 1. The van der Waals surface area contributed by atoms with Crippen LogP contribution in [-0.4, -0.2) is 49.7 Å². The molecule has 1 aromatic carbocycles. The van der Waals surface area contributed by atoms with E-state index in [1.54, 1.807) is 23.1 Å². The second-order valence-corrected chi connectivity index (χ2v) is 11.2. The average Bonchev–Trinajstić information content (AvgIpc) is 3.36. The molecule has 0 spiro atoms. The minimum Gasteiger partial charge on any atom is -0.339 e. The van der Waals surface area contributed by atoms with Gasteiger partial charge in [0, 0.05) is 31.2 Å². The molecule has 2 fully saturated rings. The van der Waals surface area contributed by atoms with E-state index in [1.165, 1.54) is 10.4 Å². The Kier molecular flexibility index (Phi) is 5.01. The largest absolute Gasteiger partial charge is 0.339 e. The lowest BCUT2D eigenvalue weighted by atomic mass is 9.94. The number of nitrogens with zero attached hydrogens (tertiary/aromatic N) is 2. The van der Waals surface area contributed by atoms with Crippen molar-refractivity contribution in [3.05, 3.63) is 51.3 Å². The molecule has 1 aliphatic carbocycles. The molecule has 1 amide bonds. The fourth-order valence-electron chi connectivity index (χ4n) is 3.52. The first-order chi connectivity index (χ1) is 12.8. The molecule has 0 atom stereocenters. The predicted molar refractivity (Wildman–Crippen MR) is 107 cm³/mol. The number of carbonyl (C=O) groups is 1. The lowest BCUT2D eigenvalue weighted by Gasteiger charge is -2.35. The molecular formula is C18H18Cl2N2O3S2. The zero-order valence-corrected chi connectivity index (χ0v) is 17.5. The lowest BCUT2D eigenvalue weighted by molar-refractivity contribution is -0.135. The van der Waals surface area contributed by atoms with Gasteiger partial charge in [0.05, 0.1) is 9.75 Å². The summed E-state index contributed by atoms with van der Waals surface area (Å²) < 4.78 is 27.5. The van der Waals surface area contributed by atoms with Gasteiger partial charge in [-0.25, -0.2) is 8.42 Å². The zero-order chi connectivity index (χ0) is 19.2. The number of piperazine rings is 1. The van der Waals surface area contributed by atoms with Crippen LogP contribution in [-0.2, 0) is 20.2 Å². The quantitative estimate of drug-likeness (QED) is 0.723. The van der Waals surface area contributed by atoms with Crippen LogP contribution in [0.25, 0.3) is 0 Å². The van der Waals surface area contributed by atoms with Crippen LogP contribution in [0.1, 0.15) is 18.4 Å². The minimum absolute atomic E-state index is 0.0843. The molecular weight excluding hydrogens is 427 g/mol. The first kappa shape index (κ1) is 19.2. The van der Waals surface area contributed by atoms with Crippen LogP contribution in [0.5, 0.6) is 0 Å². The molecule has 27 heavy (non-hydrogen) atoms. The van der Waals surface area contributed by atoms with Crippen LogP contribution in [0.4, 0.5) is 0 Å². The molecule has 5 nitrogen and oxygen atoms in total. The average molecular weight is 445 g/mol. The minimum atomic E-state index is -3.55. The highest BCUT2D eigenvalue weighted by Gasteiger charge is 2.53. The van der Waals surface area contributed by atoms with Crippen molar-refractivity contribution in [2.24, 2.45) is 0 Å². The number of hydrogen-bond donors (Lipinski definition) is 0. The van der Waals surface area contributed by atoms with Gasteiger partial charge in [-0.05, 0) is 42.7 Å². The Morgan fingerprint density at radius 1 is 0.963 bits per heavy atom. The normalized spacial score (nSPS) is 19.9. The van der Waals surface area contributed by atoms with Crippen molar-refractivity contribution in [2.45, 2.75) is 22.5 Å². The Labute approximate surface area is 172 Å². The van der Waals surface area contributed by atoms with E-state index in [2.05, 4.69) is 0 Å². The van der Waals surface area contributed by atoms with E-state index >= 15 is 0 Å². The summed E-state index contributed by atoms with van der Waals surface area (Å²) in [5.74, 6) is 0.0843. The zero-order valence-electron chi connectivity index (χ0n) is 14.4. The Morgan fingerprint density at radius 2 is 1.59 bits per heavy atom. The molecule has 1 aromatic heterocycles. The van der Waals surface area contributed by atoms with Crippen LogP contribution in [0, 0.1) is 0 Å². The molecule has 4 rings (SSSR count). The standard InChI is InChI=1S/C18H18Cl2N2O3S2/c19-14-3-1-13(2-4-14)18(7-8-18)17(23)21-9-11-22(12-10-21)27(24,25)16-6-5-15(20)26-16/h1-6H,7-12H2. The third-order valence-electron chi connectivity index (χ3n) is 5.22. The smallest absolute Gasteiger partial charge is 0.252 e. The Bertz CT molecular complexity index is 961. The lowest BCUT2D eigenvalue weighted by Crippen LogP contribution is -2.52. The van der Waals surface area contributed by atoms with Crippen molar-refractivity contribution in [1.29, 1.82) is 0 Å². The maximum Gasteiger partial charge on any atom is 0.252 e. The molecule has 0 N–H and O–H groups in total. The topological polar surface area (TPSA) is 57.7 Å². The molecule has 0 radical (unpaired) electrons.